The number of nitrogen functional groups attached to an aromatic ring is 1. The molecule has 0 bridgehead atoms. The van der Waals surface area contributed by atoms with Crippen LogP contribution in [0.1, 0.15) is 26.5 Å². The lowest BCUT2D eigenvalue weighted by atomic mass is 10.2. The zero-order valence-electron chi connectivity index (χ0n) is 11.4. The molecule has 0 saturated heterocycles. The molecule has 2 aromatic heterocycles. The monoisotopic (exact) mass is 261 g/mol. The Morgan fingerprint density at radius 1 is 1.37 bits per heavy atom. The van der Waals surface area contributed by atoms with Crippen LogP contribution >= 0.6 is 0 Å². The summed E-state index contributed by atoms with van der Waals surface area (Å²) in [6, 6.07) is 3.60. The molecule has 4 N–H and O–H groups in total. The lowest BCUT2D eigenvalue weighted by Gasteiger charge is -2.21. The average molecular weight is 261 g/mol. The molecule has 0 aliphatic heterocycles. The van der Waals surface area contributed by atoms with Crippen molar-refractivity contribution >= 4 is 11.5 Å². The van der Waals surface area contributed by atoms with Crippen LogP contribution in [0.5, 0.6) is 5.88 Å². The molecule has 2 rings (SSSR count). The van der Waals surface area contributed by atoms with Gasteiger partial charge < -0.3 is 20.8 Å². The summed E-state index contributed by atoms with van der Waals surface area (Å²) < 4.78 is 5.71. The Morgan fingerprint density at radius 2 is 2.16 bits per heavy atom. The lowest BCUT2D eigenvalue weighted by molar-refractivity contribution is 0.125. The summed E-state index contributed by atoms with van der Waals surface area (Å²) in [6.45, 7) is 6.49. The number of nitrogens with zero attached hydrogens (tertiary/aromatic N) is 2. The molecule has 19 heavy (non-hydrogen) atoms. The van der Waals surface area contributed by atoms with E-state index in [1.54, 1.807) is 18.6 Å². The molecule has 0 saturated carbocycles. The molecule has 6 nitrogen and oxygen atoms in total. The van der Waals surface area contributed by atoms with Gasteiger partial charge in [0.25, 0.3) is 0 Å². The molecule has 0 fully saturated rings. The number of nitrogens with two attached hydrogens (primary N) is 1. The number of hydrogen-bond donors (Lipinski definition) is 3. The second kappa shape index (κ2) is 5.17. The van der Waals surface area contributed by atoms with Crippen LogP contribution in [0, 0.1) is 0 Å². The number of rotatable bonds is 4. The molecule has 6 heteroatoms. The molecule has 0 atom stereocenters. The van der Waals surface area contributed by atoms with Gasteiger partial charge in [-0.1, -0.05) is 0 Å². The largest absolute Gasteiger partial charge is 0.470 e. The quantitative estimate of drug-likeness (QED) is 0.785. The Hall–Kier alpha value is -2.24. The van der Waals surface area contributed by atoms with Crippen LogP contribution in [0.3, 0.4) is 0 Å². The fraction of sp³-hybridized carbons (Fsp3) is 0.385. The third-order valence-corrected chi connectivity index (χ3v) is 2.31. The first-order valence-corrected chi connectivity index (χ1v) is 6.11. The number of H-pyrrole nitrogens is 1. The zero-order chi connectivity index (χ0) is 13.9. The van der Waals surface area contributed by atoms with Gasteiger partial charge in [-0.25, -0.2) is 4.98 Å². The van der Waals surface area contributed by atoms with Gasteiger partial charge in [-0.15, -0.1) is 0 Å². The average Bonchev–Trinajstić information content (AvgIpc) is 2.81. The fourth-order valence-corrected chi connectivity index (χ4v) is 1.49. The van der Waals surface area contributed by atoms with Gasteiger partial charge in [0.15, 0.2) is 0 Å². The maximum atomic E-state index is 5.86. The first kappa shape index (κ1) is 13.2. The summed E-state index contributed by atoms with van der Waals surface area (Å²) in [5.74, 6) is 1.16. The number of aromatic amines is 1. The number of aromatic nitrogens is 3. The molecular formula is C13H19N5O. The smallest absolute Gasteiger partial charge is 0.239 e. The first-order chi connectivity index (χ1) is 8.94. The van der Waals surface area contributed by atoms with Gasteiger partial charge in [-0.05, 0) is 32.9 Å². The van der Waals surface area contributed by atoms with E-state index in [0.29, 0.717) is 23.9 Å². The summed E-state index contributed by atoms with van der Waals surface area (Å²) in [5.41, 5.74) is 7.04. The highest BCUT2D eigenvalue weighted by Crippen LogP contribution is 2.24. The van der Waals surface area contributed by atoms with Gasteiger partial charge in [0.05, 0.1) is 24.3 Å². The maximum Gasteiger partial charge on any atom is 0.239 e. The minimum Gasteiger partial charge on any atom is -0.470 e. The van der Waals surface area contributed by atoms with Crippen molar-refractivity contribution in [1.29, 1.82) is 0 Å². The third-order valence-electron chi connectivity index (χ3n) is 2.31. The molecule has 0 amide bonds. The maximum absolute atomic E-state index is 5.86. The summed E-state index contributed by atoms with van der Waals surface area (Å²) >= 11 is 0. The van der Waals surface area contributed by atoms with E-state index in [4.69, 9.17) is 10.5 Å². The highest BCUT2D eigenvalue weighted by molar-refractivity contribution is 5.53. The minimum absolute atomic E-state index is 0.330. The number of pyridine rings is 1. The Kier molecular flexibility index (Phi) is 3.59. The molecule has 0 aliphatic rings. The van der Waals surface area contributed by atoms with E-state index in [1.807, 2.05) is 26.8 Å². The molecule has 0 radical (unpaired) electrons. The Bertz CT molecular complexity index is 530. The molecule has 0 spiro atoms. The minimum atomic E-state index is -0.330. The van der Waals surface area contributed by atoms with Gasteiger partial charge in [0, 0.05) is 6.20 Å². The van der Waals surface area contributed by atoms with Crippen LogP contribution in [0.2, 0.25) is 0 Å². The summed E-state index contributed by atoms with van der Waals surface area (Å²) in [6.07, 6.45) is 3.40. The van der Waals surface area contributed by atoms with Crippen molar-refractivity contribution in [2.75, 3.05) is 11.1 Å². The predicted octanol–water partition coefficient (Wildman–Crippen LogP) is 2.18. The molecule has 102 valence electrons. The zero-order valence-corrected chi connectivity index (χ0v) is 11.4. The highest BCUT2D eigenvalue weighted by Gasteiger charge is 2.15. The Morgan fingerprint density at radius 3 is 2.79 bits per heavy atom. The van der Waals surface area contributed by atoms with E-state index in [2.05, 4.69) is 20.3 Å². The highest BCUT2D eigenvalue weighted by atomic mass is 16.5. The summed E-state index contributed by atoms with van der Waals surface area (Å²) in [5, 5.41) is 3.18. The second-order valence-electron chi connectivity index (χ2n) is 5.24. The van der Waals surface area contributed by atoms with E-state index < -0.39 is 0 Å². The SMILES string of the molecule is CC(C)(C)Oc1nc(NCc2cnc[nH]2)ccc1N. The van der Waals surface area contributed by atoms with Gasteiger partial charge in [-0.3, -0.25) is 0 Å². The van der Waals surface area contributed by atoms with Gasteiger partial charge >= 0.3 is 0 Å². The second-order valence-corrected chi connectivity index (χ2v) is 5.24. The van der Waals surface area contributed by atoms with Crippen molar-refractivity contribution in [2.45, 2.75) is 32.9 Å². The number of nitrogens with one attached hydrogen (secondary N) is 2. The van der Waals surface area contributed by atoms with Crippen molar-refractivity contribution in [1.82, 2.24) is 15.0 Å². The molecule has 2 heterocycles. The molecule has 0 aliphatic carbocycles. The van der Waals surface area contributed by atoms with E-state index in [1.165, 1.54) is 0 Å². The third kappa shape index (κ3) is 3.87. The number of hydrogen-bond acceptors (Lipinski definition) is 5. The summed E-state index contributed by atoms with van der Waals surface area (Å²) in [7, 11) is 0. The topological polar surface area (TPSA) is 88.8 Å². The van der Waals surface area contributed by atoms with E-state index in [-0.39, 0.29) is 5.60 Å². The predicted molar refractivity (Wildman–Crippen MR) is 74.9 cm³/mol. The fourth-order valence-electron chi connectivity index (χ4n) is 1.49. The number of imidazole rings is 1. The van der Waals surface area contributed by atoms with Gasteiger partial charge in [0.1, 0.15) is 11.4 Å². The van der Waals surface area contributed by atoms with E-state index >= 15 is 0 Å². The number of ether oxygens (including phenoxy) is 1. The van der Waals surface area contributed by atoms with Crippen LogP contribution in [-0.4, -0.2) is 20.6 Å². The van der Waals surface area contributed by atoms with Crippen LogP contribution in [0.25, 0.3) is 0 Å². The Balaban J connectivity index is 2.07. The molecule has 2 aromatic rings. The van der Waals surface area contributed by atoms with Crippen molar-refractivity contribution in [3.8, 4) is 5.88 Å². The molecule has 0 unspecified atom stereocenters. The van der Waals surface area contributed by atoms with Crippen LogP contribution in [-0.2, 0) is 6.54 Å². The molecular weight excluding hydrogens is 242 g/mol. The van der Waals surface area contributed by atoms with Crippen molar-refractivity contribution in [2.24, 2.45) is 0 Å². The lowest BCUT2D eigenvalue weighted by Crippen LogP contribution is -2.24. The van der Waals surface area contributed by atoms with Crippen LogP contribution in [0.15, 0.2) is 24.7 Å². The number of anilines is 2. The first-order valence-electron chi connectivity index (χ1n) is 6.11. The van der Waals surface area contributed by atoms with Crippen molar-refractivity contribution < 1.29 is 4.74 Å². The van der Waals surface area contributed by atoms with Crippen LogP contribution < -0.4 is 15.8 Å². The summed E-state index contributed by atoms with van der Waals surface area (Å²) in [4.78, 5) is 11.3. The van der Waals surface area contributed by atoms with Crippen molar-refractivity contribution in [3.05, 3.63) is 30.4 Å². The van der Waals surface area contributed by atoms with Crippen molar-refractivity contribution in [3.63, 3.8) is 0 Å². The van der Waals surface area contributed by atoms with Gasteiger partial charge in [-0.2, -0.15) is 4.98 Å². The van der Waals surface area contributed by atoms with E-state index in [9.17, 15) is 0 Å². The van der Waals surface area contributed by atoms with E-state index in [0.717, 1.165) is 5.69 Å². The molecule has 0 aromatic carbocycles. The van der Waals surface area contributed by atoms with Crippen LogP contribution in [0.4, 0.5) is 11.5 Å². The van der Waals surface area contributed by atoms with Gasteiger partial charge in [0.2, 0.25) is 5.88 Å². The Labute approximate surface area is 112 Å². The normalized spacial score (nSPS) is 11.3. The standard InChI is InChI=1S/C13H19N5O/c1-13(2,3)19-12-10(14)4-5-11(18-12)16-7-9-6-15-8-17-9/h4-6,8H,7,14H2,1-3H3,(H,15,17)(H,16,18).